The van der Waals surface area contributed by atoms with Gasteiger partial charge in [0.1, 0.15) is 11.5 Å². The molecular weight excluding hydrogens is 362 g/mol. The van der Waals surface area contributed by atoms with E-state index in [1.807, 2.05) is 37.3 Å². The summed E-state index contributed by atoms with van der Waals surface area (Å²) in [6.07, 6.45) is 3.12. The van der Waals surface area contributed by atoms with Gasteiger partial charge >= 0.3 is 0 Å². The van der Waals surface area contributed by atoms with E-state index in [4.69, 9.17) is 8.83 Å². The molecule has 5 nitrogen and oxygen atoms in total. The zero-order valence-electron chi connectivity index (χ0n) is 14.7. The molecule has 0 aliphatic carbocycles. The predicted octanol–water partition coefficient (Wildman–Crippen LogP) is 4.39. The normalized spacial score (nSPS) is 14.5. The molecule has 0 bridgehead atoms. The minimum Gasteiger partial charge on any atom is -0.468 e. The molecule has 0 saturated heterocycles. The van der Waals surface area contributed by atoms with Crippen LogP contribution in [0.2, 0.25) is 0 Å². The molecule has 0 unspecified atom stereocenters. The predicted molar refractivity (Wildman–Crippen MR) is 102 cm³/mol. The van der Waals surface area contributed by atoms with Gasteiger partial charge in [-0.3, -0.25) is 14.5 Å². The Kier molecular flexibility index (Phi) is 4.73. The minimum absolute atomic E-state index is 0.116. The number of carbonyl (C=O) groups excluding carboxylic acids is 2. The van der Waals surface area contributed by atoms with Crippen LogP contribution in [0.5, 0.6) is 0 Å². The van der Waals surface area contributed by atoms with Crippen molar-refractivity contribution in [1.29, 1.82) is 0 Å². The van der Waals surface area contributed by atoms with Crippen LogP contribution in [0.1, 0.15) is 22.6 Å². The number of imide groups is 1. The standard InChI is InChI=1S/C21H17NO4S/c1-14-6-8-15(9-7-14)18-19(27-13-17-5-3-11-26-17)21(24)22(20(18)23)12-16-4-2-10-25-16/h2-11H,12-13H2,1H3. The van der Waals surface area contributed by atoms with Gasteiger partial charge in [0.2, 0.25) is 0 Å². The Bertz CT molecular complexity index is 986. The lowest BCUT2D eigenvalue weighted by atomic mass is 10.0. The van der Waals surface area contributed by atoms with Crippen molar-refractivity contribution in [2.24, 2.45) is 0 Å². The van der Waals surface area contributed by atoms with Crippen molar-refractivity contribution in [3.05, 3.63) is 88.6 Å². The van der Waals surface area contributed by atoms with Crippen LogP contribution in [0, 0.1) is 6.92 Å². The van der Waals surface area contributed by atoms with Crippen molar-refractivity contribution in [2.75, 3.05) is 0 Å². The lowest BCUT2D eigenvalue weighted by molar-refractivity contribution is -0.137. The van der Waals surface area contributed by atoms with Crippen molar-refractivity contribution in [2.45, 2.75) is 19.2 Å². The van der Waals surface area contributed by atoms with Gasteiger partial charge in [0, 0.05) is 0 Å². The van der Waals surface area contributed by atoms with Crippen molar-refractivity contribution in [3.8, 4) is 0 Å². The number of aryl methyl sites for hydroxylation is 1. The van der Waals surface area contributed by atoms with Gasteiger partial charge in [0.05, 0.1) is 35.3 Å². The highest BCUT2D eigenvalue weighted by molar-refractivity contribution is 8.03. The fourth-order valence-corrected chi connectivity index (χ4v) is 3.94. The molecule has 4 rings (SSSR count). The molecule has 27 heavy (non-hydrogen) atoms. The van der Waals surface area contributed by atoms with Gasteiger partial charge in [-0.2, -0.15) is 0 Å². The molecule has 1 aliphatic heterocycles. The van der Waals surface area contributed by atoms with Crippen LogP contribution >= 0.6 is 11.8 Å². The summed E-state index contributed by atoms with van der Waals surface area (Å²) in [6, 6.07) is 14.8. The van der Waals surface area contributed by atoms with Gasteiger partial charge in [-0.25, -0.2) is 0 Å². The first-order valence-corrected chi connectivity index (χ1v) is 9.47. The van der Waals surface area contributed by atoms with Crippen LogP contribution < -0.4 is 0 Å². The maximum absolute atomic E-state index is 13.1. The van der Waals surface area contributed by atoms with E-state index < -0.39 is 0 Å². The van der Waals surface area contributed by atoms with E-state index in [1.165, 1.54) is 22.9 Å². The van der Waals surface area contributed by atoms with Crippen LogP contribution in [0.3, 0.4) is 0 Å². The third-order valence-electron chi connectivity index (χ3n) is 4.30. The number of nitrogens with zero attached hydrogens (tertiary/aromatic N) is 1. The second-order valence-corrected chi connectivity index (χ2v) is 7.20. The molecule has 1 aliphatic rings. The molecule has 0 radical (unpaired) electrons. The number of rotatable bonds is 6. The Morgan fingerprint density at radius 1 is 0.889 bits per heavy atom. The maximum Gasteiger partial charge on any atom is 0.268 e. The molecule has 0 saturated carbocycles. The summed E-state index contributed by atoms with van der Waals surface area (Å²) in [7, 11) is 0. The Balaban J connectivity index is 1.68. The fourth-order valence-electron chi connectivity index (χ4n) is 2.90. The van der Waals surface area contributed by atoms with Crippen LogP contribution in [0.15, 0.2) is 74.8 Å². The highest BCUT2D eigenvalue weighted by atomic mass is 32.2. The SMILES string of the molecule is Cc1ccc(C2=C(SCc3ccco3)C(=O)N(Cc3ccco3)C2=O)cc1. The molecule has 0 spiro atoms. The molecule has 1 aromatic carbocycles. The van der Waals surface area contributed by atoms with E-state index in [0.29, 0.717) is 22.0 Å². The molecule has 0 N–H and O–H groups in total. The fraction of sp³-hybridized carbons (Fsp3) is 0.143. The zero-order chi connectivity index (χ0) is 18.8. The highest BCUT2D eigenvalue weighted by Crippen LogP contribution is 2.38. The molecule has 3 heterocycles. The summed E-state index contributed by atoms with van der Waals surface area (Å²) >= 11 is 1.32. The van der Waals surface area contributed by atoms with Crippen LogP contribution in [-0.4, -0.2) is 16.7 Å². The number of furan rings is 2. The first-order valence-electron chi connectivity index (χ1n) is 8.48. The van der Waals surface area contributed by atoms with E-state index in [9.17, 15) is 9.59 Å². The Labute approximate surface area is 160 Å². The quantitative estimate of drug-likeness (QED) is 0.594. The van der Waals surface area contributed by atoms with E-state index in [0.717, 1.165) is 16.9 Å². The van der Waals surface area contributed by atoms with Crippen molar-refractivity contribution >= 4 is 29.1 Å². The van der Waals surface area contributed by atoms with Crippen molar-refractivity contribution < 1.29 is 18.4 Å². The molecule has 136 valence electrons. The van der Waals surface area contributed by atoms with Gasteiger partial charge in [-0.1, -0.05) is 29.8 Å². The van der Waals surface area contributed by atoms with E-state index >= 15 is 0 Å². The van der Waals surface area contributed by atoms with Crippen molar-refractivity contribution in [3.63, 3.8) is 0 Å². The number of hydrogen-bond acceptors (Lipinski definition) is 5. The number of hydrogen-bond donors (Lipinski definition) is 0. The Hall–Kier alpha value is -2.99. The Morgan fingerprint density at radius 2 is 1.56 bits per heavy atom. The number of thioether (sulfide) groups is 1. The number of amides is 2. The monoisotopic (exact) mass is 379 g/mol. The molecule has 0 atom stereocenters. The lowest BCUT2D eigenvalue weighted by Gasteiger charge is -2.13. The van der Waals surface area contributed by atoms with Gasteiger partial charge < -0.3 is 8.83 Å². The molecule has 2 aromatic heterocycles. The van der Waals surface area contributed by atoms with Crippen LogP contribution in [-0.2, 0) is 21.9 Å². The van der Waals surface area contributed by atoms with E-state index in [1.54, 1.807) is 24.5 Å². The largest absolute Gasteiger partial charge is 0.468 e. The zero-order valence-corrected chi connectivity index (χ0v) is 15.5. The highest BCUT2D eigenvalue weighted by Gasteiger charge is 2.39. The smallest absolute Gasteiger partial charge is 0.268 e. The van der Waals surface area contributed by atoms with E-state index in [-0.39, 0.29) is 18.4 Å². The molecule has 2 amide bonds. The molecule has 6 heteroatoms. The molecule has 3 aromatic rings. The first kappa shape index (κ1) is 17.4. The maximum atomic E-state index is 13.1. The minimum atomic E-state index is -0.304. The van der Waals surface area contributed by atoms with Gasteiger partial charge in [0.15, 0.2) is 0 Å². The third kappa shape index (κ3) is 3.48. The summed E-state index contributed by atoms with van der Waals surface area (Å²) in [5.41, 5.74) is 2.26. The lowest BCUT2D eigenvalue weighted by Crippen LogP contribution is -2.30. The van der Waals surface area contributed by atoms with Crippen LogP contribution in [0.25, 0.3) is 5.57 Å². The average Bonchev–Trinajstić information content (AvgIpc) is 3.40. The number of carbonyl (C=O) groups is 2. The Morgan fingerprint density at radius 3 is 2.19 bits per heavy atom. The summed E-state index contributed by atoms with van der Waals surface area (Å²) in [5.74, 6) is 1.19. The topological polar surface area (TPSA) is 63.7 Å². The van der Waals surface area contributed by atoms with Crippen molar-refractivity contribution in [1.82, 2.24) is 4.90 Å². The third-order valence-corrected chi connectivity index (χ3v) is 5.39. The molecule has 0 fully saturated rings. The summed E-state index contributed by atoms with van der Waals surface area (Å²) < 4.78 is 10.7. The number of benzene rings is 1. The van der Waals surface area contributed by atoms with Crippen LogP contribution in [0.4, 0.5) is 0 Å². The summed E-state index contributed by atoms with van der Waals surface area (Å²) in [6.45, 7) is 2.10. The summed E-state index contributed by atoms with van der Waals surface area (Å²) in [4.78, 5) is 27.7. The van der Waals surface area contributed by atoms with Gasteiger partial charge in [-0.05, 0) is 36.8 Å². The second kappa shape index (κ2) is 7.32. The first-order chi connectivity index (χ1) is 13.1. The van der Waals surface area contributed by atoms with Gasteiger partial charge in [-0.15, -0.1) is 11.8 Å². The average molecular weight is 379 g/mol. The molecular formula is C21H17NO4S. The van der Waals surface area contributed by atoms with E-state index in [2.05, 4.69) is 0 Å². The van der Waals surface area contributed by atoms with Gasteiger partial charge in [0.25, 0.3) is 11.8 Å². The summed E-state index contributed by atoms with van der Waals surface area (Å²) in [5, 5.41) is 0. The second-order valence-electron chi connectivity index (χ2n) is 6.21.